The zero-order valence-corrected chi connectivity index (χ0v) is 14.1. The Morgan fingerprint density at radius 3 is 2.57 bits per heavy atom. The molecule has 2 fully saturated rings. The second kappa shape index (κ2) is 7.58. The Labute approximate surface area is 130 Å². The first-order valence-corrected chi connectivity index (χ1v) is 8.75. The molecule has 1 aliphatic carbocycles. The van der Waals surface area contributed by atoms with Gasteiger partial charge in [-0.25, -0.2) is 0 Å². The van der Waals surface area contributed by atoms with E-state index in [9.17, 15) is 5.26 Å². The van der Waals surface area contributed by atoms with Gasteiger partial charge in [-0.1, -0.05) is 13.8 Å². The van der Waals surface area contributed by atoms with Crippen molar-refractivity contribution in [2.75, 3.05) is 32.7 Å². The first kappa shape index (κ1) is 16.7. The van der Waals surface area contributed by atoms with Gasteiger partial charge in [0.1, 0.15) is 5.54 Å². The zero-order chi connectivity index (χ0) is 15.3. The van der Waals surface area contributed by atoms with Gasteiger partial charge in [-0.15, -0.1) is 0 Å². The molecule has 2 unspecified atom stereocenters. The minimum absolute atomic E-state index is 0.320. The molecule has 0 amide bonds. The fourth-order valence-corrected chi connectivity index (χ4v) is 3.55. The second-order valence-electron chi connectivity index (χ2n) is 6.93. The van der Waals surface area contributed by atoms with Crippen LogP contribution in [0.1, 0.15) is 52.9 Å². The molecule has 0 radical (unpaired) electrons. The number of likely N-dealkylation sites (tertiary alicyclic amines) is 1. The summed E-state index contributed by atoms with van der Waals surface area (Å²) in [7, 11) is 0. The number of likely N-dealkylation sites (N-methyl/N-ethyl adjacent to an activating group) is 1. The lowest BCUT2D eigenvalue weighted by Crippen LogP contribution is -2.43. The molecule has 0 spiro atoms. The summed E-state index contributed by atoms with van der Waals surface area (Å²) in [5.41, 5.74) is -0.320. The van der Waals surface area contributed by atoms with Gasteiger partial charge in [0.05, 0.1) is 6.07 Å². The van der Waals surface area contributed by atoms with Gasteiger partial charge >= 0.3 is 0 Å². The van der Waals surface area contributed by atoms with E-state index in [0.29, 0.717) is 6.04 Å². The van der Waals surface area contributed by atoms with E-state index in [1.165, 1.54) is 32.4 Å². The maximum atomic E-state index is 9.40. The number of nitrogens with zero attached hydrogens (tertiary/aromatic N) is 3. The largest absolute Gasteiger partial charge is 0.302 e. The van der Waals surface area contributed by atoms with Crippen LogP contribution >= 0.6 is 0 Å². The van der Waals surface area contributed by atoms with Crippen molar-refractivity contribution in [2.24, 2.45) is 0 Å². The number of hydrogen-bond acceptors (Lipinski definition) is 4. The van der Waals surface area contributed by atoms with Crippen molar-refractivity contribution < 1.29 is 0 Å². The van der Waals surface area contributed by atoms with Crippen LogP contribution in [0.4, 0.5) is 0 Å². The molecule has 1 aliphatic heterocycles. The average Bonchev–Trinajstić information content (AvgIpc) is 3.17. The molecular weight excluding hydrogens is 260 g/mol. The van der Waals surface area contributed by atoms with Gasteiger partial charge in [-0.05, 0) is 65.2 Å². The Bertz CT molecular complexity index is 356. The predicted molar refractivity (Wildman–Crippen MR) is 87.2 cm³/mol. The van der Waals surface area contributed by atoms with Crippen molar-refractivity contribution in [3.8, 4) is 6.07 Å². The minimum Gasteiger partial charge on any atom is -0.302 e. The van der Waals surface area contributed by atoms with Gasteiger partial charge in [-0.3, -0.25) is 10.2 Å². The predicted octanol–water partition coefficient (Wildman–Crippen LogP) is 2.22. The lowest BCUT2D eigenvalue weighted by Gasteiger charge is -2.27. The maximum absolute atomic E-state index is 9.40. The Morgan fingerprint density at radius 1 is 1.29 bits per heavy atom. The van der Waals surface area contributed by atoms with Gasteiger partial charge < -0.3 is 4.90 Å². The molecule has 1 N–H and O–H groups in total. The fourth-order valence-electron chi connectivity index (χ4n) is 3.55. The van der Waals surface area contributed by atoms with Crippen LogP contribution < -0.4 is 5.32 Å². The van der Waals surface area contributed by atoms with E-state index in [1.807, 2.05) is 0 Å². The van der Waals surface area contributed by atoms with Crippen molar-refractivity contribution >= 4 is 0 Å². The third-order valence-electron chi connectivity index (χ3n) is 5.07. The molecule has 0 aromatic heterocycles. The van der Waals surface area contributed by atoms with E-state index in [1.54, 1.807) is 0 Å². The van der Waals surface area contributed by atoms with Crippen molar-refractivity contribution in [3.63, 3.8) is 0 Å². The number of nitrogens with one attached hydrogen (secondary N) is 1. The van der Waals surface area contributed by atoms with Crippen LogP contribution in [0, 0.1) is 11.3 Å². The van der Waals surface area contributed by atoms with Crippen LogP contribution in [0.15, 0.2) is 0 Å². The summed E-state index contributed by atoms with van der Waals surface area (Å²) in [5.74, 6) is 0. The highest BCUT2D eigenvalue weighted by Crippen LogP contribution is 2.25. The summed E-state index contributed by atoms with van der Waals surface area (Å²) in [6.45, 7) is 12.5. The lowest BCUT2D eigenvalue weighted by atomic mass is 9.97. The number of hydrogen-bond donors (Lipinski definition) is 1. The highest BCUT2D eigenvalue weighted by molar-refractivity contribution is 5.07. The molecule has 2 atom stereocenters. The van der Waals surface area contributed by atoms with E-state index in [0.717, 1.165) is 38.5 Å². The maximum Gasteiger partial charge on any atom is 0.104 e. The number of rotatable bonds is 9. The molecule has 2 rings (SSSR count). The number of nitriles is 1. The third-order valence-corrected chi connectivity index (χ3v) is 5.07. The van der Waals surface area contributed by atoms with E-state index in [4.69, 9.17) is 0 Å². The highest BCUT2D eigenvalue weighted by Gasteiger charge is 2.32. The van der Waals surface area contributed by atoms with Crippen LogP contribution in [-0.4, -0.2) is 60.1 Å². The van der Waals surface area contributed by atoms with Crippen LogP contribution in [0.3, 0.4) is 0 Å². The molecule has 21 heavy (non-hydrogen) atoms. The molecule has 4 heteroatoms. The first-order valence-electron chi connectivity index (χ1n) is 8.75. The Hall–Kier alpha value is -0.630. The Kier molecular flexibility index (Phi) is 6.04. The van der Waals surface area contributed by atoms with Crippen molar-refractivity contribution in [1.82, 2.24) is 15.1 Å². The molecule has 120 valence electrons. The highest BCUT2D eigenvalue weighted by atomic mass is 15.2. The molecule has 0 aromatic rings. The van der Waals surface area contributed by atoms with Gasteiger partial charge in [0, 0.05) is 18.6 Å². The quantitative estimate of drug-likeness (QED) is 0.707. The topological polar surface area (TPSA) is 42.3 Å². The molecule has 1 heterocycles. The SMILES string of the molecule is CCN(CC)C1CCN(CCCC(C)(C#N)NC2CC2)C1. The molecule has 1 saturated carbocycles. The molecule has 4 nitrogen and oxygen atoms in total. The normalized spacial score (nSPS) is 26.0. The zero-order valence-electron chi connectivity index (χ0n) is 14.1. The monoisotopic (exact) mass is 292 g/mol. The van der Waals surface area contributed by atoms with E-state index in [-0.39, 0.29) is 5.54 Å². The van der Waals surface area contributed by atoms with Crippen molar-refractivity contribution in [1.29, 1.82) is 5.26 Å². The molecular formula is C17H32N4. The summed E-state index contributed by atoms with van der Waals surface area (Å²) < 4.78 is 0. The van der Waals surface area contributed by atoms with E-state index in [2.05, 4.69) is 42.0 Å². The fraction of sp³-hybridized carbons (Fsp3) is 0.941. The standard InChI is InChI=1S/C17H32N4/c1-4-21(5-2)16-9-12-20(13-16)11-6-10-17(3,14-18)19-15-7-8-15/h15-16,19H,4-13H2,1-3H3. The Balaban J connectivity index is 1.68. The van der Waals surface area contributed by atoms with Crippen LogP contribution in [-0.2, 0) is 0 Å². The summed E-state index contributed by atoms with van der Waals surface area (Å²) in [6, 6.07) is 3.83. The third kappa shape index (κ3) is 4.95. The molecule has 1 saturated heterocycles. The van der Waals surface area contributed by atoms with Gasteiger partial charge in [0.2, 0.25) is 0 Å². The smallest absolute Gasteiger partial charge is 0.104 e. The van der Waals surface area contributed by atoms with Crippen molar-refractivity contribution in [3.05, 3.63) is 0 Å². The molecule has 0 aromatic carbocycles. The molecule has 0 bridgehead atoms. The van der Waals surface area contributed by atoms with Gasteiger partial charge in [-0.2, -0.15) is 5.26 Å². The van der Waals surface area contributed by atoms with Gasteiger partial charge in [0.15, 0.2) is 0 Å². The Morgan fingerprint density at radius 2 is 2.00 bits per heavy atom. The molecule has 2 aliphatic rings. The summed E-state index contributed by atoms with van der Waals surface area (Å²) in [6.07, 6.45) is 5.88. The van der Waals surface area contributed by atoms with Crippen LogP contribution in [0.25, 0.3) is 0 Å². The van der Waals surface area contributed by atoms with E-state index >= 15 is 0 Å². The minimum atomic E-state index is -0.320. The van der Waals surface area contributed by atoms with Crippen LogP contribution in [0.5, 0.6) is 0 Å². The van der Waals surface area contributed by atoms with Crippen LogP contribution in [0.2, 0.25) is 0 Å². The van der Waals surface area contributed by atoms with E-state index < -0.39 is 0 Å². The summed E-state index contributed by atoms with van der Waals surface area (Å²) in [5, 5.41) is 12.9. The first-order chi connectivity index (χ1) is 10.1. The van der Waals surface area contributed by atoms with Gasteiger partial charge in [0.25, 0.3) is 0 Å². The second-order valence-corrected chi connectivity index (χ2v) is 6.93. The summed E-state index contributed by atoms with van der Waals surface area (Å²) >= 11 is 0. The van der Waals surface area contributed by atoms with Crippen molar-refractivity contribution in [2.45, 2.75) is 70.5 Å². The summed E-state index contributed by atoms with van der Waals surface area (Å²) in [4.78, 5) is 5.16. The average molecular weight is 292 g/mol. The lowest BCUT2D eigenvalue weighted by molar-refractivity contribution is 0.208.